The fourth-order valence-corrected chi connectivity index (χ4v) is 2.57. The maximum atomic E-state index is 12.9. The van der Waals surface area contributed by atoms with Gasteiger partial charge in [-0.15, -0.1) is 0 Å². The van der Waals surface area contributed by atoms with Crippen LogP contribution in [0.1, 0.15) is 22.8 Å². The lowest BCUT2D eigenvalue weighted by Crippen LogP contribution is -2.02. The van der Waals surface area contributed by atoms with Crippen molar-refractivity contribution in [3.63, 3.8) is 0 Å². The summed E-state index contributed by atoms with van der Waals surface area (Å²) in [4.78, 5) is 0. The highest BCUT2D eigenvalue weighted by Gasteiger charge is 2.23. The third kappa shape index (κ3) is 2.31. The van der Waals surface area contributed by atoms with Gasteiger partial charge >= 0.3 is 0 Å². The largest absolute Gasteiger partial charge is 0.493 e. The molecule has 0 saturated heterocycles. The third-order valence-corrected chi connectivity index (χ3v) is 3.48. The number of rotatable bonds is 2. The van der Waals surface area contributed by atoms with Crippen molar-refractivity contribution in [2.24, 2.45) is 0 Å². The Morgan fingerprint density at radius 1 is 1.21 bits per heavy atom. The molecule has 0 saturated carbocycles. The van der Waals surface area contributed by atoms with E-state index in [1.807, 2.05) is 6.07 Å². The van der Waals surface area contributed by atoms with Gasteiger partial charge in [-0.2, -0.15) is 0 Å². The SMILES string of the molecule is OC(c1ccc(F)cc1)c1cc(Cl)cc2c1OCC2. The van der Waals surface area contributed by atoms with Crippen molar-refractivity contribution in [2.75, 3.05) is 6.61 Å². The van der Waals surface area contributed by atoms with Gasteiger partial charge in [0.1, 0.15) is 17.7 Å². The zero-order valence-electron chi connectivity index (χ0n) is 10.1. The predicted octanol–water partition coefficient (Wildman–Crippen LogP) is 3.50. The molecule has 1 atom stereocenters. The standard InChI is InChI=1S/C15H12ClFO2/c16-11-7-10-5-6-19-15(10)13(8-11)14(18)9-1-3-12(17)4-2-9/h1-4,7-8,14,18H,5-6H2. The minimum absolute atomic E-state index is 0.330. The molecule has 19 heavy (non-hydrogen) atoms. The molecule has 1 aliphatic rings. The molecule has 0 amide bonds. The average molecular weight is 279 g/mol. The molecule has 1 unspecified atom stereocenters. The topological polar surface area (TPSA) is 29.5 Å². The Labute approximate surface area is 115 Å². The number of aliphatic hydroxyl groups is 1. The summed E-state index contributed by atoms with van der Waals surface area (Å²) in [5.41, 5.74) is 2.25. The zero-order chi connectivity index (χ0) is 13.4. The number of hydrogen-bond acceptors (Lipinski definition) is 2. The monoisotopic (exact) mass is 278 g/mol. The Morgan fingerprint density at radius 2 is 1.95 bits per heavy atom. The van der Waals surface area contributed by atoms with E-state index >= 15 is 0 Å². The van der Waals surface area contributed by atoms with Gasteiger partial charge in [-0.05, 0) is 35.4 Å². The van der Waals surface area contributed by atoms with Crippen LogP contribution >= 0.6 is 11.6 Å². The lowest BCUT2D eigenvalue weighted by Gasteiger charge is -2.15. The van der Waals surface area contributed by atoms with Gasteiger partial charge in [-0.3, -0.25) is 0 Å². The molecule has 0 aliphatic carbocycles. The van der Waals surface area contributed by atoms with E-state index in [2.05, 4.69) is 0 Å². The Kier molecular flexibility index (Phi) is 3.17. The van der Waals surface area contributed by atoms with E-state index in [4.69, 9.17) is 16.3 Å². The summed E-state index contributed by atoms with van der Waals surface area (Å²) in [5, 5.41) is 11.0. The maximum Gasteiger partial charge on any atom is 0.128 e. The summed E-state index contributed by atoms with van der Waals surface area (Å²) in [6, 6.07) is 9.31. The quantitative estimate of drug-likeness (QED) is 0.911. The first kappa shape index (κ1) is 12.5. The Morgan fingerprint density at radius 3 is 2.68 bits per heavy atom. The minimum Gasteiger partial charge on any atom is -0.493 e. The highest BCUT2D eigenvalue weighted by Crippen LogP contribution is 2.38. The second-order valence-corrected chi connectivity index (χ2v) is 4.97. The number of halogens is 2. The predicted molar refractivity (Wildman–Crippen MR) is 71.1 cm³/mol. The van der Waals surface area contributed by atoms with Crippen LogP contribution in [0.15, 0.2) is 36.4 Å². The Bertz CT molecular complexity index is 610. The first-order valence-corrected chi connectivity index (χ1v) is 6.41. The molecule has 1 heterocycles. The van der Waals surface area contributed by atoms with Crippen molar-refractivity contribution >= 4 is 11.6 Å². The first-order chi connectivity index (χ1) is 9.15. The van der Waals surface area contributed by atoms with Crippen LogP contribution in [0.3, 0.4) is 0 Å². The summed E-state index contributed by atoms with van der Waals surface area (Å²) in [6.07, 6.45) is -0.0786. The average Bonchev–Trinajstić information content (AvgIpc) is 2.85. The molecule has 4 heteroatoms. The number of fused-ring (bicyclic) bond motifs is 1. The van der Waals surface area contributed by atoms with E-state index in [0.717, 1.165) is 12.0 Å². The molecular weight excluding hydrogens is 267 g/mol. The van der Waals surface area contributed by atoms with E-state index in [9.17, 15) is 9.50 Å². The van der Waals surface area contributed by atoms with Crippen molar-refractivity contribution in [1.82, 2.24) is 0 Å². The van der Waals surface area contributed by atoms with Crippen molar-refractivity contribution in [3.05, 3.63) is 63.9 Å². The number of hydrogen-bond donors (Lipinski definition) is 1. The second-order valence-electron chi connectivity index (χ2n) is 4.54. The highest BCUT2D eigenvalue weighted by molar-refractivity contribution is 6.30. The highest BCUT2D eigenvalue weighted by atomic mass is 35.5. The lowest BCUT2D eigenvalue weighted by molar-refractivity contribution is 0.213. The van der Waals surface area contributed by atoms with E-state index in [1.54, 1.807) is 18.2 Å². The summed E-state index contributed by atoms with van der Waals surface area (Å²) in [5.74, 6) is 0.366. The smallest absolute Gasteiger partial charge is 0.128 e. The van der Waals surface area contributed by atoms with Gasteiger partial charge in [-0.1, -0.05) is 23.7 Å². The van der Waals surface area contributed by atoms with Gasteiger partial charge in [0.2, 0.25) is 0 Å². The summed E-state index contributed by atoms with van der Waals surface area (Å²) in [6.45, 7) is 0.596. The summed E-state index contributed by atoms with van der Waals surface area (Å²) >= 11 is 6.06. The molecule has 1 N–H and O–H groups in total. The van der Waals surface area contributed by atoms with E-state index in [-0.39, 0.29) is 5.82 Å². The van der Waals surface area contributed by atoms with Crippen LogP contribution in [0, 0.1) is 5.82 Å². The number of benzene rings is 2. The van der Waals surface area contributed by atoms with Crippen molar-refractivity contribution in [3.8, 4) is 5.75 Å². The molecule has 3 rings (SSSR count). The zero-order valence-corrected chi connectivity index (χ0v) is 10.8. The fraction of sp³-hybridized carbons (Fsp3) is 0.200. The van der Waals surface area contributed by atoms with Gasteiger partial charge in [0.25, 0.3) is 0 Å². The Hall–Kier alpha value is -1.58. The Balaban J connectivity index is 2.04. The molecule has 0 spiro atoms. The lowest BCUT2D eigenvalue weighted by atomic mass is 9.98. The van der Waals surface area contributed by atoms with Crippen molar-refractivity contribution in [1.29, 1.82) is 0 Å². The normalized spacial score (nSPS) is 14.9. The molecule has 2 aromatic rings. The van der Waals surface area contributed by atoms with Gasteiger partial charge in [-0.25, -0.2) is 4.39 Å². The fourth-order valence-electron chi connectivity index (χ4n) is 2.33. The van der Waals surface area contributed by atoms with Crippen LogP contribution in [-0.4, -0.2) is 11.7 Å². The molecule has 0 bridgehead atoms. The van der Waals surface area contributed by atoms with Gasteiger partial charge in [0.15, 0.2) is 0 Å². The maximum absolute atomic E-state index is 12.9. The van der Waals surface area contributed by atoms with Crippen LogP contribution in [0.4, 0.5) is 4.39 Å². The molecule has 0 fully saturated rings. The second kappa shape index (κ2) is 4.83. The summed E-state index contributed by atoms with van der Waals surface area (Å²) < 4.78 is 18.5. The number of aliphatic hydroxyl groups excluding tert-OH is 1. The van der Waals surface area contributed by atoms with Crippen LogP contribution < -0.4 is 4.74 Å². The van der Waals surface area contributed by atoms with Gasteiger partial charge in [0, 0.05) is 17.0 Å². The van der Waals surface area contributed by atoms with Crippen LogP contribution in [0.5, 0.6) is 5.75 Å². The van der Waals surface area contributed by atoms with Crippen molar-refractivity contribution in [2.45, 2.75) is 12.5 Å². The first-order valence-electron chi connectivity index (χ1n) is 6.04. The molecule has 0 radical (unpaired) electrons. The van der Waals surface area contributed by atoms with Crippen LogP contribution in [0.25, 0.3) is 0 Å². The minimum atomic E-state index is -0.869. The van der Waals surface area contributed by atoms with Gasteiger partial charge < -0.3 is 9.84 Å². The molecule has 98 valence electrons. The number of ether oxygens (including phenoxy) is 1. The molecular formula is C15H12ClFO2. The van der Waals surface area contributed by atoms with Gasteiger partial charge in [0.05, 0.1) is 6.61 Å². The van der Waals surface area contributed by atoms with Crippen LogP contribution in [-0.2, 0) is 6.42 Å². The molecule has 2 aromatic carbocycles. The molecule has 1 aliphatic heterocycles. The molecule has 0 aromatic heterocycles. The van der Waals surface area contributed by atoms with E-state index in [0.29, 0.717) is 28.5 Å². The third-order valence-electron chi connectivity index (χ3n) is 3.26. The molecule has 2 nitrogen and oxygen atoms in total. The van der Waals surface area contributed by atoms with Crippen molar-refractivity contribution < 1.29 is 14.2 Å². The van der Waals surface area contributed by atoms with E-state index in [1.165, 1.54) is 12.1 Å². The summed E-state index contributed by atoms with van der Waals surface area (Å²) in [7, 11) is 0. The van der Waals surface area contributed by atoms with Crippen LogP contribution in [0.2, 0.25) is 5.02 Å². The van der Waals surface area contributed by atoms with E-state index < -0.39 is 6.10 Å².